The Morgan fingerprint density at radius 2 is 1.76 bits per heavy atom. The molecule has 132 valence electrons. The topological polar surface area (TPSA) is 139 Å². The van der Waals surface area contributed by atoms with Gasteiger partial charge in [-0.3, -0.25) is 20.4 Å². The van der Waals surface area contributed by atoms with Crippen LogP contribution in [-0.4, -0.2) is 32.2 Å². The van der Waals surface area contributed by atoms with Gasteiger partial charge in [0.05, 0.1) is 5.56 Å². The molecule has 2 aromatic carbocycles. The number of hydrogen-bond donors (Lipinski definition) is 6. The summed E-state index contributed by atoms with van der Waals surface area (Å²) < 4.78 is 0. The molecule has 0 aliphatic heterocycles. The average Bonchev–Trinajstić information content (AvgIpc) is 2.57. The van der Waals surface area contributed by atoms with Gasteiger partial charge >= 0.3 is 0 Å². The molecule has 2 aromatic rings. The Balaban J connectivity index is 2.08. The van der Waals surface area contributed by atoms with Crippen LogP contribution in [-0.2, 0) is 11.2 Å². The summed E-state index contributed by atoms with van der Waals surface area (Å²) in [5.74, 6) is -2.46. The Morgan fingerprint density at radius 3 is 2.40 bits per heavy atom. The van der Waals surface area contributed by atoms with Crippen LogP contribution in [0.2, 0.25) is 0 Å². The first kappa shape index (κ1) is 18.1. The molecule has 8 heteroatoms. The summed E-state index contributed by atoms with van der Waals surface area (Å²) in [6, 6.07) is 7.84. The zero-order chi connectivity index (χ0) is 18.6. The molecule has 0 spiro atoms. The Hall–Kier alpha value is -3.26. The third-order valence-corrected chi connectivity index (χ3v) is 3.53. The van der Waals surface area contributed by atoms with Crippen molar-refractivity contribution in [3.8, 4) is 17.2 Å². The Labute approximate surface area is 143 Å². The van der Waals surface area contributed by atoms with Gasteiger partial charge in [0.15, 0.2) is 6.10 Å². The number of hydrogen-bond acceptors (Lipinski definition) is 6. The van der Waals surface area contributed by atoms with E-state index in [0.717, 1.165) is 6.07 Å². The van der Waals surface area contributed by atoms with Gasteiger partial charge in [0, 0.05) is 6.07 Å². The molecule has 0 heterocycles. The summed E-state index contributed by atoms with van der Waals surface area (Å²) in [5.41, 5.74) is 4.59. The van der Waals surface area contributed by atoms with Crippen molar-refractivity contribution >= 4 is 11.8 Å². The van der Waals surface area contributed by atoms with Gasteiger partial charge in [-0.2, -0.15) is 0 Å². The molecule has 6 N–H and O–H groups in total. The van der Waals surface area contributed by atoms with Gasteiger partial charge in [-0.1, -0.05) is 19.1 Å². The number of carbonyl (C=O) groups is 2. The maximum atomic E-state index is 12.2. The number of carbonyl (C=O) groups excluding carboxylic acids is 2. The first-order chi connectivity index (χ1) is 11.8. The van der Waals surface area contributed by atoms with Gasteiger partial charge in [-0.15, -0.1) is 0 Å². The van der Waals surface area contributed by atoms with Gasteiger partial charge in [-0.25, -0.2) is 0 Å². The maximum absolute atomic E-state index is 12.2. The molecule has 0 bridgehead atoms. The number of nitrogens with one attached hydrogen (secondary N) is 2. The number of rotatable bonds is 4. The van der Waals surface area contributed by atoms with E-state index in [0.29, 0.717) is 12.0 Å². The zero-order valence-electron chi connectivity index (χ0n) is 13.4. The Bertz CT molecular complexity index is 806. The second-order valence-corrected chi connectivity index (χ2v) is 5.29. The van der Waals surface area contributed by atoms with Gasteiger partial charge < -0.3 is 20.4 Å². The fraction of sp³-hybridized carbons (Fsp3) is 0.176. The van der Waals surface area contributed by atoms with E-state index in [1.165, 1.54) is 30.3 Å². The number of aromatic hydroxyl groups is 3. The lowest BCUT2D eigenvalue weighted by molar-refractivity contribution is -0.130. The highest BCUT2D eigenvalue weighted by Gasteiger charge is 2.21. The highest BCUT2D eigenvalue weighted by Crippen LogP contribution is 2.27. The summed E-state index contributed by atoms with van der Waals surface area (Å²) in [7, 11) is 0. The van der Waals surface area contributed by atoms with Crippen molar-refractivity contribution in [3.05, 3.63) is 53.1 Å². The van der Waals surface area contributed by atoms with Gasteiger partial charge in [0.25, 0.3) is 11.8 Å². The summed E-state index contributed by atoms with van der Waals surface area (Å²) in [6.45, 7) is 1.73. The van der Waals surface area contributed by atoms with Crippen molar-refractivity contribution in [2.75, 3.05) is 0 Å². The van der Waals surface area contributed by atoms with Crippen molar-refractivity contribution in [3.63, 3.8) is 0 Å². The standard InChI is InChI=1S/C17H18N2O6/c1-2-9-6-12(21)8-13(22)14(9)16(24)18-19-17(25)15(23)10-4-3-5-11(20)7-10/h3-8,15,20-23H,2H2,1H3,(H,18,24)(H,19,25). The molecule has 1 atom stereocenters. The van der Waals surface area contributed by atoms with E-state index in [2.05, 4.69) is 5.43 Å². The third-order valence-electron chi connectivity index (χ3n) is 3.53. The second-order valence-electron chi connectivity index (χ2n) is 5.29. The first-order valence-electron chi connectivity index (χ1n) is 7.45. The van der Waals surface area contributed by atoms with Crippen molar-refractivity contribution in [1.29, 1.82) is 0 Å². The van der Waals surface area contributed by atoms with Crippen molar-refractivity contribution < 1.29 is 30.0 Å². The van der Waals surface area contributed by atoms with Gasteiger partial charge in [0.2, 0.25) is 0 Å². The van der Waals surface area contributed by atoms with Crippen LogP contribution in [0.25, 0.3) is 0 Å². The number of hydrazine groups is 1. The molecule has 0 aromatic heterocycles. The van der Waals surface area contributed by atoms with E-state index in [-0.39, 0.29) is 22.6 Å². The second kappa shape index (κ2) is 7.54. The molecule has 0 aliphatic carbocycles. The monoisotopic (exact) mass is 346 g/mol. The van der Waals surface area contributed by atoms with Gasteiger partial charge in [0.1, 0.15) is 17.2 Å². The highest BCUT2D eigenvalue weighted by atomic mass is 16.3. The van der Waals surface area contributed by atoms with Crippen LogP contribution >= 0.6 is 0 Å². The van der Waals surface area contributed by atoms with Crippen molar-refractivity contribution in [2.24, 2.45) is 0 Å². The molecule has 0 aliphatic rings. The van der Waals surface area contributed by atoms with Crippen molar-refractivity contribution in [1.82, 2.24) is 10.9 Å². The molecule has 1 unspecified atom stereocenters. The molecule has 8 nitrogen and oxygen atoms in total. The molecule has 25 heavy (non-hydrogen) atoms. The predicted molar refractivity (Wildman–Crippen MR) is 87.8 cm³/mol. The van der Waals surface area contributed by atoms with Gasteiger partial charge in [-0.05, 0) is 35.7 Å². The van der Waals surface area contributed by atoms with E-state index in [9.17, 15) is 30.0 Å². The lowest BCUT2D eigenvalue weighted by Gasteiger charge is -2.14. The lowest BCUT2D eigenvalue weighted by atomic mass is 10.0. The summed E-state index contributed by atoms with van der Waals surface area (Å²) >= 11 is 0. The molecule has 0 saturated heterocycles. The lowest BCUT2D eigenvalue weighted by Crippen LogP contribution is -2.44. The fourth-order valence-electron chi connectivity index (χ4n) is 2.31. The SMILES string of the molecule is CCc1cc(O)cc(O)c1C(=O)NNC(=O)C(O)c1cccc(O)c1. The third kappa shape index (κ3) is 4.18. The summed E-state index contributed by atoms with van der Waals surface area (Å²) in [5, 5.41) is 38.6. The highest BCUT2D eigenvalue weighted by molar-refractivity contribution is 5.99. The van der Waals surface area contributed by atoms with E-state index < -0.39 is 23.7 Å². The van der Waals surface area contributed by atoms with Crippen molar-refractivity contribution in [2.45, 2.75) is 19.4 Å². The number of aliphatic hydroxyl groups is 1. The van der Waals surface area contributed by atoms with E-state index in [4.69, 9.17) is 0 Å². The largest absolute Gasteiger partial charge is 0.508 e. The molecular weight excluding hydrogens is 328 g/mol. The van der Waals surface area contributed by atoms with E-state index in [1.54, 1.807) is 6.92 Å². The fourth-order valence-corrected chi connectivity index (χ4v) is 2.31. The maximum Gasteiger partial charge on any atom is 0.273 e. The quantitative estimate of drug-likeness (QED) is 0.454. The average molecular weight is 346 g/mol. The van der Waals surface area contributed by atoms with Crippen LogP contribution in [0.15, 0.2) is 36.4 Å². The summed E-state index contributed by atoms with van der Waals surface area (Å²) in [4.78, 5) is 24.1. The molecule has 0 saturated carbocycles. The minimum Gasteiger partial charge on any atom is -0.508 e. The molecule has 0 radical (unpaired) electrons. The normalized spacial score (nSPS) is 11.6. The van der Waals surface area contributed by atoms with E-state index >= 15 is 0 Å². The number of aryl methyl sites for hydroxylation is 1. The number of amides is 2. The molecular formula is C17H18N2O6. The minimum absolute atomic E-state index is 0.0903. The number of phenolic OH excluding ortho intramolecular Hbond substituents is 3. The molecule has 0 fully saturated rings. The van der Waals surface area contributed by atoms with Crippen LogP contribution < -0.4 is 10.9 Å². The zero-order valence-corrected chi connectivity index (χ0v) is 13.4. The van der Waals surface area contributed by atoms with Crippen LogP contribution in [0, 0.1) is 0 Å². The molecule has 2 amide bonds. The van der Waals surface area contributed by atoms with Crippen LogP contribution in [0.3, 0.4) is 0 Å². The van der Waals surface area contributed by atoms with Crippen LogP contribution in [0.4, 0.5) is 0 Å². The predicted octanol–water partition coefficient (Wildman–Crippen LogP) is 0.860. The van der Waals surface area contributed by atoms with Crippen LogP contribution in [0.5, 0.6) is 17.2 Å². The minimum atomic E-state index is -1.61. The number of benzene rings is 2. The number of phenols is 3. The Morgan fingerprint density at radius 1 is 1.04 bits per heavy atom. The Kier molecular flexibility index (Phi) is 5.45. The van der Waals surface area contributed by atoms with Crippen LogP contribution in [0.1, 0.15) is 34.5 Å². The molecule has 2 rings (SSSR count). The van der Waals surface area contributed by atoms with E-state index in [1.807, 2.05) is 5.43 Å². The number of aliphatic hydroxyl groups excluding tert-OH is 1. The smallest absolute Gasteiger partial charge is 0.273 e. The summed E-state index contributed by atoms with van der Waals surface area (Å²) in [6.07, 6.45) is -1.24. The first-order valence-corrected chi connectivity index (χ1v) is 7.45.